The van der Waals surface area contributed by atoms with E-state index < -0.39 is 102 Å². The van der Waals surface area contributed by atoms with Crippen molar-refractivity contribution >= 4 is 81.1 Å². The number of nitrogens with two attached hydrogens (primary N) is 2. The zero-order valence-electron chi connectivity index (χ0n) is 75.1. The summed E-state index contributed by atoms with van der Waals surface area (Å²) in [7, 11) is 4.47. The van der Waals surface area contributed by atoms with Crippen LogP contribution in [0.3, 0.4) is 0 Å². The maximum atomic E-state index is 14.7. The van der Waals surface area contributed by atoms with Gasteiger partial charge in [-0.2, -0.15) is 10.1 Å². The fourth-order valence-corrected chi connectivity index (χ4v) is 16.0. The smallest absolute Gasteiger partial charge is 0.407 e. The van der Waals surface area contributed by atoms with Gasteiger partial charge < -0.3 is 113 Å². The molecule has 702 valence electrons. The number of benzene rings is 1. The van der Waals surface area contributed by atoms with Gasteiger partial charge in [-0.05, 0) is 138 Å². The van der Waals surface area contributed by atoms with E-state index in [1.165, 1.54) is 18.3 Å². The number of nitrogens with zero attached hydrogens (tertiary/aromatic N) is 6. The second-order valence-electron chi connectivity index (χ2n) is 33.0. The fourth-order valence-electron chi connectivity index (χ4n) is 16.0. The summed E-state index contributed by atoms with van der Waals surface area (Å²) >= 11 is 0. The average Bonchev–Trinajstić information content (AvgIpc) is 1.41. The van der Waals surface area contributed by atoms with E-state index in [9.17, 15) is 48.6 Å². The molecule has 0 radical (unpaired) electrons. The minimum atomic E-state index is -2.49. The molecule has 1 aromatic carbocycles. The SMILES string of the molecule is CO[C@H]1C[C@@H]2CC[C@@H](C)[C@@](O)(O2)C(=O)C(=O)N2CCCC[C@H]2C(=O)O[C@H]([C@H](C)C[C@@H]2CC[C@@H](OC(=O)NCCOCCOCCOCCOCCC(=O)NCCOCCOCCOCCOCCC(=O)NCCCCn3nc(-c4ccc5oc(N)nc5c4)c4c(N)ncnc43)[C@H](OC)C2)CC(=O)C(C)/C=C(\C)[C@@H](O)[C@@H](OC)C(=O)[C@H](C)C[C@H](C)/C=C/C=C/C=C/1C. The number of alkyl carbamates (subject to hydrolysis) is 1. The number of methoxy groups -OCH3 is 3. The molecule has 15 atom stereocenters. The number of rotatable bonds is 43. The number of cyclic esters (lactones) is 1. The molecule has 126 heavy (non-hydrogen) atoms. The van der Waals surface area contributed by atoms with Gasteiger partial charge in [0.25, 0.3) is 17.7 Å². The van der Waals surface area contributed by atoms with E-state index in [1.54, 1.807) is 58.7 Å². The highest BCUT2D eigenvalue weighted by molar-refractivity contribution is 6.39. The molecule has 9 N–H and O–H groups in total. The van der Waals surface area contributed by atoms with Crippen LogP contribution in [0.5, 0.6) is 0 Å². The first-order valence-corrected chi connectivity index (χ1v) is 44.5. The number of amides is 4. The first-order chi connectivity index (χ1) is 60.7. The zero-order chi connectivity index (χ0) is 90.9. The normalized spacial score (nSPS) is 26.5. The third kappa shape index (κ3) is 32.9. The molecule has 3 aromatic heterocycles. The second-order valence-corrected chi connectivity index (χ2v) is 33.0. The predicted molar refractivity (Wildman–Crippen MR) is 466 cm³/mol. The number of hydrogen-bond donors (Lipinski definition) is 7. The van der Waals surface area contributed by atoms with Gasteiger partial charge in [0.2, 0.25) is 17.6 Å². The number of aryl methyl sites for hydroxylation is 1. The van der Waals surface area contributed by atoms with E-state index in [1.807, 2.05) is 63.3 Å². The Morgan fingerprint density at radius 1 is 0.683 bits per heavy atom. The zero-order valence-corrected chi connectivity index (χ0v) is 75.1. The number of oxazole rings is 1. The molecular formula is C90H137N11O25. The Hall–Kier alpha value is -8.60. The number of aromatic nitrogens is 5. The molecule has 8 rings (SSSR count). The maximum absolute atomic E-state index is 14.7. The number of allylic oxidation sites excluding steroid dienone is 6. The molecule has 3 fully saturated rings. The van der Waals surface area contributed by atoms with Gasteiger partial charge in [-0.25, -0.2) is 24.2 Å². The highest BCUT2D eigenvalue weighted by atomic mass is 16.6. The number of nitrogen functional groups attached to an aromatic ring is 2. The summed E-state index contributed by atoms with van der Waals surface area (Å²) in [5.74, 6) is -8.67. The number of anilines is 2. The van der Waals surface area contributed by atoms with Gasteiger partial charge in [0.1, 0.15) is 59.6 Å². The van der Waals surface area contributed by atoms with Crippen LogP contribution in [0.25, 0.3) is 33.4 Å². The molecule has 1 saturated carbocycles. The fraction of sp³-hybridized carbons (Fsp3) is 0.689. The molecule has 1 unspecified atom stereocenters. The maximum Gasteiger partial charge on any atom is 0.407 e. The summed E-state index contributed by atoms with van der Waals surface area (Å²) in [6, 6.07) is 4.33. The molecule has 36 heteroatoms. The highest BCUT2D eigenvalue weighted by Crippen LogP contribution is 2.39. The van der Waals surface area contributed by atoms with Crippen LogP contribution < -0.4 is 27.4 Å². The third-order valence-electron chi connectivity index (χ3n) is 23.3. The largest absolute Gasteiger partial charge is 0.460 e. The summed E-state index contributed by atoms with van der Waals surface area (Å²) in [5.41, 5.74) is 16.4. The van der Waals surface area contributed by atoms with Crippen LogP contribution in [0.2, 0.25) is 0 Å². The summed E-state index contributed by atoms with van der Waals surface area (Å²) in [6.45, 7) is 19.2. The lowest BCUT2D eigenvalue weighted by Crippen LogP contribution is -2.61. The average molecular weight is 1770 g/mol. The van der Waals surface area contributed by atoms with Crippen molar-refractivity contribution < 1.29 is 119 Å². The number of esters is 1. The van der Waals surface area contributed by atoms with Crippen LogP contribution in [0.15, 0.2) is 76.5 Å². The van der Waals surface area contributed by atoms with Gasteiger partial charge >= 0.3 is 12.1 Å². The molecule has 4 aromatic rings. The van der Waals surface area contributed by atoms with Crippen molar-refractivity contribution in [2.24, 2.45) is 35.5 Å². The number of piperidine rings is 1. The van der Waals surface area contributed by atoms with E-state index in [0.717, 1.165) is 24.0 Å². The van der Waals surface area contributed by atoms with Crippen molar-refractivity contribution in [1.29, 1.82) is 0 Å². The number of aliphatic hydroxyl groups is 2. The number of fused-ring (bicyclic) bond motifs is 5. The summed E-state index contributed by atoms with van der Waals surface area (Å²) in [4.78, 5) is 124. The number of hydrogen-bond acceptors (Lipinski definition) is 31. The van der Waals surface area contributed by atoms with Crippen LogP contribution in [0.1, 0.15) is 151 Å². The Balaban J connectivity index is 0.635. The lowest BCUT2D eigenvalue weighted by Gasteiger charge is -2.42. The topological polar surface area (TPSA) is 467 Å². The van der Waals surface area contributed by atoms with Crippen LogP contribution in [-0.4, -0.2) is 295 Å². The Morgan fingerprint density at radius 3 is 1.96 bits per heavy atom. The molecule has 3 aliphatic heterocycles. The minimum absolute atomic E-state index is 0.0220. The van der Waals surface area contributed by atoms with Gasteiger partial charge in [0, 0.05) is 103 Å². The molecule has 36 nitrogen and oxygen atoms in total. The predicted octanol–water partition coefficient (Wildman–Crippen LogP) is 7.65. The quantitative estimate of drug-likeness (QED) is 0.00967. The molecule has 1 aliphatic carbocycles. The van der Waals surface area contributed by atoms with E-state index >= 15 is 0 Å². The number of Topliss-reactive ketones (excluding diaryl/α,β-unsaturated/α-hetero) is 3. The number of unbranched alkanes of at least 4 members (excludes halogenated alkanes) is 1. The summed E-state index contributed by atoms with van der Waals surface area (Å²) < 4.78 is 87.7. The molecule has 6 heterocycles. The van der Waals surface area contributed by atoms with E-state index in [0.29, 0.717) is 196 Å². The number of ketones is 3. The van der Waals surface area contributed by atoms with Crippen molar-refractivity contribution in [2.75, 3.05) is 165 Å². The van der Waals surface area contributed by atoms with Crippen molar-refractivity contribution in [3.05, 3.63) is 72.1 Å². The number of aliphatic hydroxyl groups excluding tert-OH is 1. The van der Waals surface area contributed by atoms with Gasteiger partial charge in [0.15, 0.2) is 17.0 Å². The van der Waals surface area contributed by atoms with E-state index in [2.05, 4.69) is 30.9 Å². The molecule has 0 spiro atoms. The molecule has 2 bridgehead atoms. The number of nitrogens with one attached hydrogen (secondary N) is 3. The van der Waals surface area contributed by atoms with Crippen LogP contribution in [0.4, 0.5) is 16.6 Å². The first kappa shape index (κ1) is 103. The van der Waals surface area contributed by atoms with Gasteiger partial charge in [-0.3, -0.25) is 28.8 Å². The standard InChI is InChI=1S/C90H137N11O25/c1-58-18-12-11-13-19-59(2)73(112-8)55-67-24-21-64(7)90(111,126-67)83(107)86(108)100-32-16-14-20-69(100)87(109)123-74(56-70(102)60(3)51-63(6)81(106)82(114-10)80(105)62(5)50-58)61(4)52-65-22-25-72(75(53-65)113-9)125-89(110)95-31-37-118-41-45-122-49-47-120-43-39-116-35-28-77(104)94-30-36-117-40-44-121-48-46-119-42-38-115-34-27-76(103)93-29-15-17-33-101-85-78(84(91)96-57-97-85)79(99-101)66-23-26-71-68(54-66)98-88(92)124-71/h11-13,18-19,23,26,51,54,57-58,60-62,64-65,67,69,72-75,81-82,106,111H,14-17,20-22,24-25,27-50,52-53,55-56H2,1-10H3,(H2,92,98)(H,93,103)(H,94,104)(H,95,110)(H2,91,96,97)/b13-11+,18-12+,59-19+,63-51+/t58-,60?,61-,62-,64-,65+,67+,69+,72-,73+,74+,75-,81-,82+,90-/m1/s1. The Morgan fingerprint density at radius 2 is 1.32 bits per heavy atom. The first-order valence-electron chi connectivity index (χ1n) is 44.5. The van der Waals surface area contributed by atoms with Crippen molar-refractivity contribution in [2.45, 2.75) is 212 Å². The molecular weight excluding hydrogens is 1640 g/mol. The van der Waals surface area contributed by atoms with Gasteiger partial charge in [-0.1, -0.05) is 71.1 Å². The van der Waals surface area contributed by atoms with Crippen molar-refractivity contribution in [3.8, 4) is 11.3 Å². The summed E-state index contributed by atoms with van der Waals surface area (Å²) in [5, 5.41) is 37.7. The van der Waals surface area contributed by atoms with Crippen LogP contribution in [0, 0.1) is 35.5 Å². The lowest BCUT2D eigenvalue weighted by molar-refractivity contribution is -0.265. The Labute approximate surface area is 738 Å². The van der Waals surface area contributed by atoms with Crippen LogP contribution >= 0.6 is 0 Å². The number of carbonyl (C=O) groups is 8. The monoisotopic (exact) mass is 1770 g/mol. The summed E-state index contributed by atoms with van der Waals surface area (Å²) in [6.07, 6.45) is 12.5. The Bertz CT molecular complexity index is 4190. The van der Waals surface area contributed by atoms with Crippen LogP contribution in [-0.2, 0) is 106 Å². The van der Waals surface area contributed by atoms with Crippen molar-refractivity contribution in [3.63, 3.8) is 0 Å². The van der Waals surface area contributed by atoms with Gasteiger partial charge in [-0.15, -0.1) is 0 Å². The molecule has 4 aliphatic rings. The molecule has 4 amide bonds. The number of carbonyl (C=O) groups excluding carboxylic acids is 8. The van der Waals surface area contributed by atoms with E-state index in [-0.39, 0.29) is 113 Å². The van der Waals surface area contributed by atoms with Crippen molar-refractivity contribution in [1.82, 2.24) is 45.6 Å². The van der Waals surface area contributed by atoms with E-state index in [4.69, 9.17) is 87.3 Å². The third-order valence-corrected chi connectivity index (χ3v) is 23.3. The molecule has 2 saturated heterocycles. The second kappa shape index (κ2) is 54.7. The minimum Gasteiger partial charge on any atom is -0.460 e. The number of ether oxygens (including phenoxy) is 14. The van der Waals surface area contributed by atoms with Gasteiger partial charge in [0.05, 0.1) is 129 Å². The Kier molecular flexibility index (Phi) is 44.6. The lowest BCUT2D eigenvalue weighted by atomic mass is 9.78. The highest BCUT2D eigenvalue weighted by Gasteiger charge is 2.53.